The Labute approximate surface area is 157 Å². The largest absolute Gasteiger partial charge is 0.503 e. The highest BCUT2D eigenvalue weighted by molar-refractivity contribution is 7.12. The minimum absolute atomic E-state index is 0.167. The fourth-order valence-corrected chi connectivity index (χ4v) is 3.74. The van der Waals surface area contributed by atoms with E-state index >= 15 is 0 Å². The number of likely N-dealkylation sites (N-methyl/N-ethyl adjacent to an activating group) is 1. The van der Waals surface area contributed by atoms with Crippen LogP contribution in [0.1, 0.15) is 26.8 Å². The van der Waals surface area contributed by atoms with Crippen LogP contribution in [-0.2, 0) is 4.79 Å². The quantitative estimate of drug-likeness (QED) is 0.794. The zero-order valence-corrected chi connectivity index (χ0v) is 15.9. The summed E-state index contributed by atoms with van der Waals surface area (Å²) >= 11 is 1.31. The number of Topliss-reactive ketones (excluding diaryl/α,β-unsaturated/α-hetero) is 1. The van der Waals surface area contributed by atoms with Gasteiger partial charge in [0.15, 0.2) is 5.76 Å². The van der Waals surface area contributed by atoms with E-state index in [-0.39, 0.29) is 11.4 Å². The first-order valence-corrected chi connectivity index (χ1v) is 9.31. The summed E-state index contributed by atoms with van der Waals surface area (Å²) in [4.78, 5) is 29.8. The second-order valence-corrected chi connectivity index (χ2v) is 7.63. The highest BCUT2D eigenvalue weighted by atomic mass is 32.1. The molecular weight excluding hydrogens is 348 g/mol. The van der Waals surface area contributed by atoms with E-state index in [1.807, 2.05) is 55.6 Å². The number of amides is 1. The molecule has 6 heteroatoms. The standard InChI is InChI=1S/C20H22N2O3S/c1-13-6-8-14(9-7-13)17-16(18(23)15-5-4-12-26-15)19(24)20(25)22(17)11-10-21(2)3/h4-9,12,17,24H,10-11H2,1-3H3/t17-/m0/s1. The number of aliphatic hydroxyl groups is 1. The number of aliphatic hydroxyl groups excluding tert-OH is 1. The van der Waals surface area contributed by atoms with E-state index in [1.165, 1.54) is 11.3 Å². The number of rotatable bonds is 6. The Morgan fingerprint density at radius 3 is 2.50 bits per heavy atom. The molecule has 1 aromatic heterocycles. The number of thiophene rings is 1. The molecule has 1 N–H and O–H groups in total. The number of carbonyl (C=O) groups is 2. The molecule has 0 saturated carbocycles. The van der Waals surface area contributed by atoms with Crippen molar-refractivity contribution in [3.8, 4) is 0 Å². The molecule has 0 saturated heterocycles. The maximum Gasteiger partial charge on any atom is 0.290 e. The highest BCUT2D eigenvalue weighted by Crippen LogP contribution is 2.39. The van der Waals surface area contributed by atoms with Crippen LogP contribution in [0.25, 0.3) is 0 Å². The van der Waals surface area contributed by atoms with Gasteiger partial charge in [0.1, 0.15) is 0 Å². The van der Waals surface area contributed by atoms with Gasteiger partial charge in [0, 0.05) is 13.1 Å². The molecule has 0 spiro atoms. The van der Waals surface area contributed by atoms with Crippen LogP contribution in [0.3, 0.4) is 0 Å². The molecule has 1 amide bonds. The summed E-state index contributed by atoms with van der Waals surface area (Å²) in [5.74, 6) is -1.21. The number of carbonyl (C=O) groups excluding carboxylic acids is 2. The normalized spacial score (nSPS) is 17.5. The fraction of sp³-hybridized carbons (Fsp3) is 0.300. The van der Waals surface area contributed by atoms with Crippen molar-refractivity contribution in [2.75, 3.05) is 27.2 Å². The summed E-state index contributed by atoms with van der Waals surface area (Å²) in [6, 6.07) is 10.7. The van der Waals surface area contributed by atoms with Gasteiger partial charge in [0.2, 0.25) is 5.78 Å². The van der Waals surface area contributed by atoms with Crippen LogP contribution >= 0.6 is 11.3 Å². The Bertz CT molecular complexity index is 838. The van der Waals surface area contributed by atoms with E-state index in [1.54, 1.807) is 17.0 Å². The van der Waals surface area contributed by atoms with E-state index in [0.29, 0.717) is 18.0 Å². The lowest BCUT2D eigenvalue weighted by Gasteiger charge is -2.28. The Morgan fingerprint density at radius 1 is 1.23 bits per heavy atom. The van der Waals surface area contributed by atoms with Crippen molar-refractivity contribution in [1.82, 2.24) is 9.80 Å². The Kier molecular flexibility index (Phi) is 5.25. The molecule has 136 valence electrons. The van der Waals surface area contributed by atoms with Crippen LogP contribution in [-0.4, -0.2) is 53.8 Å². The minimum Gasteiger partial charge on any atom is -0.503 e. The number of hydrogen-bond donors (Lipinski definition) is 1. The van der Waals surface area contributed by atoms with Gasteiger partial charge in [-0.3, -0.25) is 9.59 Å². The van der Waals surface area contributed by atoms with E-state index in [0.717, 1.165) is 11.1 Å². The monoisotopic (exact) mass is 370 g/mol. The van der Waals surface area contributed by atoms with Crippen molar-refractivity contribution in [2.45, 2.75) is 13.0 Å². The van der Waals surface area contributed by atoms with E-state index in [9.17, 15) is 14.7 Å². The predicted octanol–water partition coefficient (Wildman–Crippen LogP) is 3.20. The number of aryl methyl sites for hydroxylation is 1. The van der Waals surface area contributed by atoms with Crippen LogP contribution < -0.4 is 0 Å². The fourth-order valence-electron chi connectivity index (χ4n) is 3.06. The van der Waals surface area contributed by atoms with Crippen LogP contribution in [0, 0.1) is 6.92 Å². The third-order valence-corrected chi connectivity index (χ3v) is 5.34. The van der Waals surface area contributed by atoms with Gasteiger partial charge in [-0.05, 0) is 38.0 Å². The molecule has 0 radical (unpaired) electrons. The van der Waals surface area contributed by atoms with Crippen molar-refractivity contribution in [2.24, 2.45) is 0 Å². The molecule has 1 aliphatic heterocycles. The van der Waals surface area contributed by atoms with Crippen LogP contribution in [0.15, 0.2) is 53.1 Å². The van der Waals surface area contributed by atoms with Gasteiger partial charge in [-0.25, -0.2) is 0 Å². The van der Waals surface area contributed by atoms with Crippen LogP contribution in [0.2, 0.25) is 0 Å². The summed E-state index contributed by atoms with van der Waals surface area (Å²) < 4.78 is 0. The lowest BCUT2D eigenvalue weighted by atomic mass is 9.95. The van der Waals surface area contributed by atoms with Gasteiger partial charge in [-0.1, -0.05) is 35.9 Å². The molecular formula is C20H22N2O3S. The summed E-state index contributed by atoms with van der Waals surface area (Å²) in [5, 5.41) is 12.3. The lowest BCUT2D eigenvalue weighted by Crippen LogP contribution is -2.36. The van der Waals surface area contributed by atoms with E-state index in [2.05, 4.69) is 0 Å². The van der Waals surface area contributed by atoms with Crippen molar-refractivity contribution >= 4 is 23.0 Å². The van der Waals surface area contributed by atoms with Gasteiger partial charge >= 0.3 is 0 Å². The molecule has 26 heavy (non-hydrogen) atoms. The third kappa shape index (κ3) is 3.43. The van der Waals surface area contributed by atoms with Gasteiger partial charge in [-0.2, -0.15) is 0 Å². The summed E-state index contributed by atoms with van der Waals surface area (Å²) in [6.45, 7) is 3.05. The minimum atomic E-state index is -0.572. The molecule has 0 aliphatic carbocycles. The first-order valence-electron chi connectivity index (χ1n) is 8.43. The van der Waals surface area contributed by atoms with E-state index in [4.69, 9.17) is 0 Å². The SMILES string of the molecule is Cc1ccc([C@H]2C(C(=O)c3cccs3)=C(O)C(=O)N2CCN(C)C)cc1. The average Bonchev–Trinajstić information content (AvgIpc) is 3.22. The molecule has 1 aliphatic rings. The van der Waals surface area contributed by atoms with Gasteiger partial charge in [-0.15, -0.1) is 11.3 Å². The maximum absolute atomic E-state index is 13.0. The molecule has 0 bridgehead atoms. The van der Waals surface area contributed by atoms with E-state index < -0.39 is 17.7 Å². The summed E-state index contributed by atoms with van der Waals surface area (Å²) in [7, 11) is 3.85. The number of ketones is 1. The molecule has 1 atom stereocenters. The van der Waals surface area contributed by atoms with Gasteiger partial charge < -0.3 is 14.9 Å². The molecule has 2 heterocycles. The lowest BCUT2D eigenvalue weighted by molar-refractivity contribution is -0.129. The van der Waals surface area contributed by atoms with Crippen molar-refractivity contribution in [1.29, 1.82) is 0 Å². The second kappa shape index (κ2) is 7.43. The van der Waals surface area contributed by atoms with Crippen LogP contribution in [0.4, 0.5) is 0 Å². The second-order valence-electron chi connectivity index (χ2n) is 6.68. The summed E-state index contributed by atoms with van der Waals surface area (Å²) in [6.07, 6.45) is 0. The average molecular weight is 370 g/mol. The Morgan fingerprint density at radius 2 is 1.92 bits per heavy atom. The summed E-state index contributed by atoms with van der Waals surface area (Å²) in [5.41, 5.74) is 2.09. The smallest absolute Gasteiger partial charge is 0.290 e. The molecule has 5 nitrogen and oxygen atoms in total. The van der Waals surface area contributed by atoms with Gasteiger partial charge in [0.05, 0.1) is 16.5 Å². The number of benzene rings is 1. The Hall–Kier alpha value is -2.44. The third-order valence-electron chi connectivity index (χ3n) is 4.47. The zero-order chi connectivity index (χ0) is 18.8. The molecule has 0 unspecified atom stereocenters. The topological polar surface area (TPSA) is 60.9 Å². The number of nitrogens with zero attached hydrogens (tertiary/aromatic N) is 2. The molecule has 1 aromatic carbocycles. The number of hydrogen-bond acceptors (Lipinski definition) is 5. The van der Waals surface area contributed by atoms with Gasteiger partial charge in [0.25, 0.3) is 5.91 Å². The predicted molar refractivity (Wildman–Crippen MR) is 102 cm³/mol. The van der Waals surface area contributed by atoms with Crippen molar-refractivity contribution in [3.63, 3.8) is 0 Å². The first kappa shape index (κ1) is 18.4. The molecule has 3 rings (SSSR count). The molecule has 0 fully saturated rings. The van der Waals surface area contributed by atoms with Crippen molar-refractivity contribution in [3.05, 3.63) is 69.1 Å². The zero-order valence-electron chi connectivity index (χ0n) is 15.1. The highest BCUT2D eigenvalue weighted by Gasteiger charge is 2.43. The molecule has 2 aromatic rings. The maximum atomic E-state index is 13.0. The van der Waals surface area contributed by atoms with Crippen molar-refractivity contribution < 1.29 is 14.7 Å². The Balaban J connectivity index is 2.05. The first-order chi connectivity index (χ1) is 12.4. The van der Waals surface area contributed by atoms with Crippen LogP contribution in [0.5, 0.6) is 0 Å².